The van der Waals surface area contributed by atoms with Gasteiger partial charge in [0.1, 0.15) is 11.4 Å². The lowest BCUT2D eigenvalue weighted by Gasteiger charge is -2.10. The molecule has 0 bridgehead atoms. The number of tetrazole rings is 1. The van der Waals surface area contributed by atoms with E-state index in [1.54, 1.807) is 11.0 Å². The van der Waals surface area contributed by atoms with E-state index < -0.39 is 0 Å². The molecule has 0 saturated carbocycles. The zero-order valence-electron chi connectivity index (χ0n) is 11.8. The third-order valence-corrected chi connectivity index (χ3v) is 4.59. The minimum Gasteiger partial charge on any atom is -0.376 e. The Morgan fingerprint density at radius 3 is 3.14 bits per heavy atom. The first kappa shape index (κ1) is 13.6. The molecule has 1 aliphatic heterocycles. The summed E-state index contributed by atoms with van der Waals surface area (Å²) in [5.41, 5.74) is 0.915. The first-order chi connectivity index (χ1) is 10.9. The summed E-state index contributed by atoms with van der Waals surface area (Å²) in [6.07, 6.45) is 3.93. The number of fused-ring (bicyclic) bond motifs is 1. The molecule has 1 unspecified atom stereocenters. The summed E-state index contributed by atoms with van der Waals surface area (Å²) >= 11 is 1.45. The van der Waals surface area contributed by atoms with Gasteiger partial charge in [-0.05, 0) is 41.1 Å². The standard InChI is InChI=1S/C14H14N6OS/c1-2-6-12-11(5-1)13(16-9-15-12)22-14-17-18-19-20(14)8-10-4-3-7-21-10/h1-2,5-6,9-10H,3-4,7-8H2. The van der Waals surface area contributed by atoms with E-state index >= 15 is 0 Å². The SMILES string of the molecule is c1ccc2c(Sc3nnnn3CC3CCCO3)ncnc2c1. The van der Waals surface area contributed by atoms with Crippen LogP contribution in [0.1, 0.15) is 12.8 Å². The van der Waals surface area contributed by atoms with Crippen LogP contribution in [0.3, 0.4) is 0 Å². The minimum absolute atomic E-state index is 0.199. The number of hydrogen-bond acceptors (Lipinski definition) is 7. The summed E-state index contributed by atoms with van der Waals surface area (Å²) in [5.74, 6) is 0. The van der Waals surface area contributed by atoms with Crippen LogP contribution >= 0.6 is 11.8 Å². The molecule has 1 aromatic carbocycles. The lowest BCUT2D eigenvalue weighted by atomic mass is 10.2. The van der Waals surface area contributed by atoms with Crippen molar-refractivity contribution in [3.63, 3.8) is 0 Å². The minimum atomic E-state index is 0.199. The maximum absolute atomic E-state index is 5.65. The van der Waals surface area contributed by atoms with E-state index in [1.165, 1.54) is 11.8 Å². The molecule has 2 aromatic heterocycles. The molecule has 112 valence electrons. The van der Waals surface area contributed by atoms with Crippen molar-refractivity contribution in [2.24, 2.45) is 0 Å². The molecule has 7 nitrogen and oxygen atoms in total. The Morgan fingerprint density at radius 1 is 1.27 bits per heavy atom. The van der Waals surface area contributed by atoms with Crippen LogP contribution in [0.15, 0.2) is 40.8 Å². The van der Waals surface area contributed by atoms with Crippen molar-refractivity contribution in [1.29, 1.82) is 0 Å². The van der Waals surface area contributed by atoms with Crippen LogP contribution in [0, 0.1) is 0 Å². The second kappa shape index (κ2) is 5.98. The van der Waals surface area contributed by atoms with E-state index in [9.17, 15) is 0 Å². The van der Waals surface area contributed by atoms with Gasteiger partial charge in [-0.25, -0.2) is 14.6 Å². The average molecular weight is 314 g/mol. The molecule has 0 amide bonds. The van der Waals surface area contributed by atoms with Gasteiger partial charge in [0.05, 0.1) is 18.2 Å². The van der Waals surface area contributed by atoms with E-state index in [2.05, 4.69) is 25.5 Å². The highest BCUT2D eigenvalue weighted by Crippen LogP contribution is 2.29. The van der Waals surface area contributed by atoms with Gasteiger partial charge in [-0.3, -0.25) is 0 Å². The number of rotatable bonds is 4. The Kier molecular flexibility index (Phi) is 3.69. The van der Waals surface area contributed by atoms with Gasteiger partial charge in [0, 0.05) is 12.0 Å². The lowest BCUT2D eigenvalue weighted by Crippen LogP contribution is -2.16. The van der Waals surface area contributed by atoms with Crippen LogP contribution in [0.4, 0.5) is 0 Å². The molecule has 3 aromatic rings. The average Bonchev–Trinajstić information content (AvgIpc) is 3.21. The van der Waals surface area contributed by atoms with Crippen molar-refractivity contribution in [3.05, 3.63) is 30.6 Å². The largest absolute Gasteiger partial charge is 0.376 e. The van der Waals surface area contributed by atoms with Crippen molar-refractivity contribution in [3.8, 4) is 0 Å². The number of para-hydroxylation sites is 1. The normalized spacial score (nSPS) is 18.1. The predicted octanol–water partition coefficient (Wildman–Crippen LogP) is 1.95. The van der Waals surface area contributed by atoms with Gasteiger partial charge in [-0.2, -0.15) is 0 Å². The zero-order chi connectivity index (χ0) is 14.8. The summed E-state index contributed by atoms with van der Waals surface area (Å²) in [6.45, 7) is 1.50. The van der Waals surface area contributed by atoms with Crippen molar-refractivity contribution in [1.82, 2.24) is 30.2 Å². The Balaban J connectivity index is 1.61. The van der Waals surface area contributed by atoms with E-state index in [1.807, 2.05) is 24.3 Å². The number of hydrogen-bond donors (Lipinski definition) is 0. The van der Waals surface area contributed by atoms with Gasteiger partial charge in [-0.1, -0.05) is 18.2 Å². The van der Waals surface area contributed by atoms with Crippen molar-refractivity contribution in [2.45, 2.75) is 35.7 Å². The first-order valence-electron chi connectivity index (χ1n) is 7.15. The smallest absolute Gasteiger partial charge is 0.215 e. The Morgan fingerprint density at radius 2 is 2.23 bits per heavy atom. The molecule has 1 aliphatic rings. The van der Waals surface area contributed by atoms with E-state index in [-0.39, 0.29) is 6.10 Å². The molecule has 0 radical (unpaired) electrons. The molecule has 1 saturated heterocycles. The Bertz CT molecular complexity index is 780. The van der Waals surface area contributed by atoms with Crippen LogP contribution in [0.5, 0.6) is 0 Å². The second-order valence-corrected chi connectivity index (χ2v) is 6.03. The molecule has 0 N–H and O–H groups in total. The molecular formula is C14H14N6OS. The maximum Gasteiger partial charge on any atom is 0.215 e. The second-order valence-electron chi connectivity index (χ2n) is 5.08. The van der Waals surface area contributed by atoms with Crippen molar-refractivity contribution in [2.75, 3.05) is 6.61 Å². The molecule has 0 aliphatic carbocycles. The number of aromatic nitrogens is 6. The molecular weight excluding hydrogens is 300 g/mol. The Hall–Kier alpha value is -2.06. The fourth-order valence-corrected chi connectivity index (χ4v) is 3.36. The summed E-state index contributed by atoms with van der Waals surface area (Å²) in [5, 5.41) is 14.5. The molecule has 0 spiro atoms. The van der Waals surface area contributed by atoms with Gasteiger partial charge in [0.15, 0.2) is 0 Å². The van der Waals surface area contributed by atoms with Crippen LogP contribution in [-0.2, 0) is 11.3 Å². The maximum atomic E-state index is 5.65. The van der Waals surface area contributed by atoms with Crippen LogP contribution in [0.2, 0.25) is 0 Å². The third-order valence-electron chi connectivity index (χ3n) is 3.59. The van der Waals surface area contributed by atoms with Gasteiger partial charge >= 0.3 is 0 Å². The fraction of sp³-hybridized carbons (Fsp3) is 0.357. The number of ether oxygens (including phenoxy) is 1. The highest BCUT2D eigenvalue weighted by atomic mass is 32.2. The lowest BCUT2D eigenvalue weighted by molar-refractivity contribution is 0.0912. The summed E-state index contributed by atoms with van der Waals surface area (Å²) in [6, 6.07) is 7.92. The number of benzene rings is 1. The highest BCUT2D eigenvalue weighted by Gasteiger charge is 2.19. The monoisotopic (exact) mass is 314 g/mol. The van der Waals surface area contributed by atoms with E-state index in [4.69, 9.17) is 4.74 Å². The quantitative estimate of drug-likeness (QED) is 0.681. The molecule has 1 fully saturated rings. The van der Waals surface area contributed by atoms with Crippen molar-refractivity contribution >= 4 is 22.7 Å². The molecule has 4 rings (SSSR count). The fourth-order valence-electron chi connectivity index (χ4n) is 2.51. The first-order valence-corrected chi connectivity index (χ1v) is 7.97. The van der Waals surface area contributed by atoms with Gasteiger partial charge < -0.3 is 4.74 Å². The Labute approximate surface area is 131 Å². The third kappa shape index (κ3) is 2.67. The van der Waals surface area contributed by atoms with Crippen LogP contribution < -0.4 is 0 Å². The van der Waals surface area contributed by atoms with Crippen LogP contribution in [0.25, 0.3) is 10.9 Å². The predicted molar refractivity (Wildman–Crippen MR) is 80.5 cm³/mol. The topological polar surface area (TPSA) is 78.6 Å². The van der Waals surface area contributed by atoms with E-state index in [0.717, 1.165) is 40.5 Å². The summed E-state index contributed by atoms with van der Waals surface area (Å²) in [7, 11) is 0. The van der Waals surface area contributed by atoms with Gasteiger partial charge in [0.2, 0.25) is 5.16 Å². The highest BCUT2D eigenvalue weighted by molar-refractivity contribution is 7.99. The van der Waals surface area contributed by atoms with E-state index in [0.29, 0.717) is 6.54 Å². The zero-order valence-corrected chi connectivity index (χ0v) is 12.6. The molecule has 22 heavy (non-hydrogen) atoms. The molecule has 1 atom stereocenters. The number of nitrogens with zero attached hydrogens (tertiary/aromatic N) is 6. The molecule has 3 heterocycles. The summed E-state index contributed by atoms with van der Waals surface area (Å²) in [4.78, 5) is 8.64. The summed E-state index contributed by atoms with van der Waals surface area (Å²) < 4.78 is 7.44. The van der Waals surface area contributed by atoms with Gasteiger partial charge in [0.25, 0.3) is 0 Å². The molecule has 8 heteroatoms. The van der Waals surface area contributed by atoms with Crippen molar-refractivity contribution < 1.29 is 4.74 Å². The van der Waals surface area contributed by atoms with Crippen LogP contribution in [-0.4, -0.2) is 42.9 Å². The van der Waals surface area contributed by atoms with Gasteiger partial charge in [-0.15, -0.1) is 5.10 Å².